The van der Waals surface area contributed by atoms with Gasteiger partial charge < -0.3 is 19.7 Å². The van der Waals surface area contributed by atoms with Crippen molar-refractivity contribution in [1.29, 1.82) is 0 Å². The summed E-state index contributed by atoms with van der Waals surface area (Å²) in [4.78, 5) is 12.2. The third-order valence-corrected chi connectivity index (χ3v) is 4.81. The van der Waals surface area contributed by atoms with Crippen molar-refractivity contribution in [2.45, 2.75) is 6.61 Å². The van der Waals surface area contributed by atoms with E-state index in [9.17, 15) is 15.0 Å². The van der Waals surface area contributed by atoms with Crippen LogP contribution in [-0.4, -0.2) is 16.0 Å². The van der Waals surface area contributed by atoms with Crippen molar-refractivity contribution in [2.24, 2.45) is 0 Å². The maximum absolute atomic E-state index is 12.2. The molecule has 164 valence electrons. The first-order chi connectivity index (χ1) is 16.0. The zero-order chi connectivity index (χ0) is 23.0. The molecule has 0 spiro atoms. The molecule has 0 saturated carbocycles. The van der Waals surface area contributed by atoms with Crippen LogP contribution in [0.1, 0.15) is 21.5 Å². The minimum Gasteiger partial charge on any atom is -0.508 e. The maximum Gasteiger partial charge on any atom is 0.185 e. The average Bonchev–Trinajstić information content (AvgIpc) is 2.83. The lowest BCUT2D eigenvalue weighted by atomic mass is 10.1. The summed E-state index contributed by atoms with van der Waals surface area (Å²) in [5.41, 5.74) is 2.52. The molecule has 0 radical (unpaired) electrons. The molecule has 0 saturated heterocycles. The van der Waals surface area contributed by atoms with E-state index in [2.05, 4.69) is 0 Å². The number of phenols is 2. The Morgan fingerprint density at radius 3 is 2.03 bits per heavy atom. The number of ether oxygens (including phenoxy) is 2. The lowest BCUT2D eigenvalue weighted by Crippen LogP contribution is -1.95. The van der Waals surface area contributed by atoms with Gasteiger partial charge in [0.1, 0.15) is 35.4 Å². The van der Waals surface area contributed by atoms with Crippen molar-refractivity contribution < 1.29 is 24.5 Å². The van der Waals surface area contributed by atoms with E-state index < -0.39 is 0 Å². The van der Waals surface area contributed by atoms with Crippen molar-refractivity contribution in [3.63, 3.8) is 0 Å². The predicted octanol–water partition coefficient (Wildman–Crippen LogP) is 6.37. The van der Waals surface area contributed by atoms with Crippen LogP contribution >= 0.6 is 0 Å². The van der Waals surface area contributed by atoms with Gasteiger partial charge in [0.2, 0.25) is 0 Å². The molecule has 0 aromatic heterocycles. The molecule has 0 bridgehead atoms. The zero-order valence-electron chi connectivity index (χ0n) is 17.7. The van der Waals surface area contributed by atoms with Crippen molar-refractivity contribution in [3.05, 3.63) is 120 Å². The quantitative estimate of drug-likeness (QED) is 0.247. The molecular weight excluding hydrogens is 416 g/mol. The van der Waals surface area contributed by atoms with Gasteiger partial charge in [-0.1, -0.05) is 60.7 Å². The van der Waals surface area contributed by atoms with Crippen LogP contribution in [0.25, 0.3) is 6.08 Å². The fraction of sp³-hybridized carbons (Fsp3) is 0.0357. The normalized spacial score (nSPS) is 10.8. The lowest BCUT2D eigenvalue weighted by molar-refractivity contribution is 0.104. The number of allylic oxidation sites excluding steroid dienone is 1. The fourth-order valence-corrected chi connectivity index (χ4v) is 3.13. The molecule has 2 N–H and O–H groups in total. The van der Waals surface area contributed by atoms with Crippen LogP contribution in [0.15, 0.2) is 103 Å². The van der Waals surface area contributed by atoms with Gasteiger partial charge in [0.05, 0.1) is 0 Å². The number of ketones is 1. The van der Waals surface area contributed by atoms with Crippen molar-refractivity contribution in [3.8, 4) is 28.7 Å². The molecule has 5 nitrogen and oxygen atoms in total. The Hall–Kier alpha value is -4.51. The molecule has 4 rings (SSSR count). The van der Waals surface area contributed by atoms with Gasteiger partial charge in [-0.25, -0.2) is 0 Å². The second-order valence-electron chi connectivity index (χ2n) is 7.35. The Morgan fingerprint density at radius 1 is 0.727 bits per heavy atom. The van der Waals surface area contributed by atoms with Crippen LogP contribution in [0.2, 0.25) is 0 Å². The second kappa shape index (κ2) is 10.2. The Morgan fingerprint density at radius 2 is 1.36 bits per heavy atom. The number of carbonyl (C=O) groups excluding carboxylic acids is 1. The predicted molar refractivity (Wildman–Crippen MR) is 127 cm³/mol. The Balaban J connectivity index is 1.30. The van der Waals surface area contributed by atoms with Crippen molar-refractivity contribution in [2.75, 3.05) is 0 Å². The van der Waals surface area contributed by atoms with Gasteiger partial charge >= 0.3 is 0 Å². The summed E-state index contributed by atoms with van der Waals surface area (Å²) in [5.74, 6) is 1.46. The molecule has 0 unspecified atom stereocenters. The second-order valence-corrected chi connectivity index (χ2v) is 7.35. The molecule has 0 fully saturated rings. The van der Waals surface area contributed by atoms with Gasteiger partial charge in [-0.15, -0.1) is 0 Å². The summed E-state index contributed by atoms with van der Waals surface area (Å²) in [6.07, 6.45) is 3.34. The van der Waals surface area contributed by atoms with Gasteiger partial charge in [0, 0.05) is 23.8 Å². The molecule has 4 aromatic carbocycles. The van der Waals surface area contributed by atoms with Gasteiger partial charge in [-0.2, -0.15) is 0 Å². The van der Waals surface area contributed by atoms with Crippen LogP contribution in [-0.2, 0) is 6.61 Å². The average molecular weight is 438 g/mol. The topological polar surface area (TPSA) is 76.0 Å². The highest BCUT2D eigenvalue weighted by molar-refractivity contribution is 6.06. The molecule has 0 amide bonds. The highest BCUT2D eigenvalue weighted by atomic mass is 16.5. The zero-order valence-corrected chi connectivity index (χ0v) is 17.7. The van der Waals surface area contributed by atoms with Crippen LogP contribution in [0.3, 0.4) is 0 Å². The van der Waals surface area contributed by atoms with E-state index in [1.807, 2.05) is 54.6 Å². The molecule has 0 aliphatic rings. The van der Waals surface area contributed by atoms with Crippen LogP contribution in [0, 0.1) is 0 Å². The molecule has 5 heteroatoms. The molecular formula is C28H22O5. The van der Waals surface area contributed by atoms with Gasteiger partial charge in [-0.3, -0.25) is 4.79 Å². The third-order valence-electron chi connectivity index (χ3n) is 4.81. The van der Waals surface area contributed by atoms with Crippen LogP contribution in [0.4, 0.5) is 0 Å². The van der Waals surface area contributed by atoms with E-state index in [1.54, 1.807) is 36.4 Å². The van der Waals surface area contributed by atoms with Gasteiger partial charge in [-0.05, 0) is 41.5 Å². The van der Waals surface area contributed by atoms with Gasteiger partial charge in [0.15, 0.2) is 5.78 Å². The Bertz CT molecular complexity index is 1220. The summed E-state index contributed by atoms with van der Waals surface area (Å²) < 4.78 is 11.5. The van der Waals surface area contributed by atoms with E-state index in [0.717, 1.165) is 16.9 Å². The smallest absolute Gasteiger partial charge is 0.185 e. The molecule has 33 heavy (non-hydrogen) atoms. The van der Waals surface area contributed by atoms with Gasteiger partial charge in [0.25, 0.3) is 0 Å². The summed E-state index contributed by atoms with van der Waals surface area (Å²) in [6.45, 7) is 0.384. The van der Waals surface area contributed by atoms with E-state index in [-0.39, 0.29) is 17.3 Å². The molecule has 0 atom stereocenters. The van der Waals surface area contributed by atoms with E-state index in [0.29, 0.717) is 23.7 Å². The minimum absolute atomic E-state index is 0.0378. The first kappa shape index (κ1) is 21.7. The highest BCUT2D eigenvalue weighted by Crippen LogP contribution is 2.29. The summed E-state index contributed by atoms with van der Waals surface area (Å²) in [7, 11) is 0. The fourth-order valence-electron chi connectivity index (χ4n) is 3.13. The lowest BCUT2D eigenvalue weighted by Gasteiger charge is -2.09. The van der Waals surface area contributed by atoms with Crippen molar-refractivity contribution >= 4 is 11.9 Å². The van der Waals surface area contributed by atoms with E-state index >= 15 is 0 Å². The standard InChI is InChI=1S/C28H22O5/c29-23-16-24(30)18-27(17-23)33-26-13-8-21(9-14-26)19-32-25-11-6-20(7-12-25)10-15-28(31)22-4-2-1-3-5-22/h1-18,29-30H,19H2. The van der Waals surface area contributed by atoms with E-state index in [4.69, 9.17) is 9.47 Å². The third kappa shape index (κ3) is 6.24. The minimum atomic E-state index is -0.0701. The Labute approximate surface area is 191 Å². The van der Waals surface area contributed by atoms with Crippen LogP contribution < -0.4 is 9.47 Å². The van der Waals surface area contributed by atoms with Crippen LogP contribution in [0.5, 0.6) is 28.7 Å². The number of hydrogen-bond donors (Lipinski definition) is 2. The number of rotatable bonds is 8. The first-order valence-corrected chi connectivity index (χ1v) is 10.4. The SMILES string of the molecule is O=C(C=Cc1ccc(OCc2ccc(Oc3cc(O)cc(O)c3)cc2)cc1)c1ccccc1. The van der Waals surface area contributed by atoms with Crippen molar-refractivity contribution in [1.82, 2.24) is 0 Å². The summed E-state index contributed by atoms with van der Waals surface area (Å²) in [6, 6.07) is 28.1. The number of aromatic hydroxyl groups is 2. The number of benzene rings is 4. The van der Waals surface area contributed by atoms with E-state index in [1.165, 1.54) is 18.2 Å². The number of hydrogen-bond acceptors (Lipinski definition) is 5. The number of carbonyl (C=O) groups is 1. The first-order valence-electron chi connectivity index (χ1n) is 10.4. The highest BCUT2D eigenvalue weighted by Gasteiger charge is 2.04. The monoisotopic (exact) mass is 438 g/mol. The molecule has 0 aliphatic carbocycles. The largest absolute Gasteiger partial charge is 0.508 e. The molecule has 4 aromatic rings. The number of phenolic OH excluding ortho intramolecular Hbond substituents is 2. The summed E-state index contributed by atoms with van der Waals surface area (Å²) >= 11 is 0. The maximum atomic E-state index is 12.2. The molecule has 0 aliphatic heterocycles. The molecule has 0 heterocycles. The summed E-state index contributed by atoms with van der Waals surface area (Å²) in [5, 5.41) is 19.1. The Kier molecular flexibility index (Phi) is 6.71.